The highest BCUT2D eigenvalue weighted by Gasteiger charge is 2.25. The van der Waals surface area contributed by atoms with Crippen LogP contribution in [0.2, 0.25) is 0 Å². The molecule has 8 aromatic rings. The van der Waals surface area contributed by atoms with Gasteiger partial charge in [0.25, 0.3) is 0 Å². The molecule has 8 nitrogen and oxygen atoms in total. The number of rotatable bonds is 12. The van der Waals surface area contributed by atoms with Crippen molar-refractivity contribution in [3.05, 3.63) is 231 Å². The lowest BCUT2D eigenvalue weighted by Crippen LogP contribution is -2.08. The number of phenols is 4. The molecule has 0 heterocycles. The van der Waals surface area contributed by atoms with E-state index in [4.69, 9.17) is 18.9 Å². The molecule has 4 N–H and O–H groups in total. The summed E-state index contributed by atoms with van der Waals surface area (Å²) in [7, 11) is 0. The lowest BCUT2D eigenvalue weighted by Gasteiger charge is -2.22. The van der Waals surface area contributed by atoms with Crippen LogP contribution in [-0.4, -0.2) is 46.9 Å². The summed E-state index contributed by atoms with van der Waals surface area (Å²) in [6.45, 7) is 27.2. The Labute approximate surface area is 500 Å². The van der Waals surface area contributed by atoms with E-state index in [1.165, 1.54) is 0 Å². The van der Waals surface area contributed by atoms with Gasteiger partial charge in [-0.1, -0.05) is 169 Å². The summed E-state index contributed by atoms with van der Waals surface area (Å²) in [6, 6.07) is 34.0. The van der Waals surface area contributed by atoms with Crippen LogP contribution in [0.3, 0.4) is 0 Å². The van der Waals surface area contributed by atoms with Gasteiger partial charge in [0.1, 0.15) is 46.0 Å². The number of phenolic OH excluding ortho intramolecular Hbond substituents is 4. The average molecular weight is 1130 g/mol. The van der Waals surface area contributed by atoms with Crippen molar-refractivity contribution < 1.29 is 39.4 Å². The molecule has 8 aromatic carbocycles. The summed E-state index contributed by atoms with van der Waals surface area (Å²) in [6.07, 6.45) is 6.70. The van der Waals surface area contributed by atoms with Gasteiger partial charge in [-0.25, -0.2) is 0 Å². The summed E-state index contributed by atoms with van der Waals surface area (Å²) < 4.78 is 26.9. The molecule has 0 atom stereocenters. The summed E-state index contributed by atoms with van der Waals surface area (Å²) in [5.41, 5.74) is 22.5. The molecule has 0 aliphatic heterocycles. The molecule has 1 aliphatic rings. The Kier molecular flexibility index (Phi) is 19.4. The van der Waals surface area contributed by atoms with Crippen LogP contribution < -0.4 is 18.9 Å². The standard InChI is InChI=1S/C76H88O8/c1-13-17-81-73-61-29-49(9)30-62(73)38-54-22-46(6)24-56(70(54)78)40-64-32-51(11)34-66(75(64)83-19-15-3)42-58-26-48(8)28-60(72(58)80)44-68-36-52(12)35-67(76(68)84-20-16-4)43-59-27-47(7)25-57(71(59)79)41-65-33-50(10)31-63(74(65)82-18-14-2)39-55-23-45(5)21-53(37-61)69(55)77/h21-36,77-80H,13-20,37-44H2,1-12H3. The molecule has 1 aliphatic carbocycles. The zero-order chi connectivity index (χ0) is 59.9. The first-order valence-corrected chi connectivity index (χ1v) is 30.6. The Morgan fingerprint density at radius 1 is 0.226 bits per heavy atom. The quantitative estimate of drug-likeness (QED) is 0.0956. The molecule has 16 bridgehead atoms. The molecule has 0 unspecified atom stereocenters. The minimum Gasteiger partial charge on any atom is -0.507 e. The first kappa shape index (κ1) is 60.7. The number of benzene rings is 8. The Balaban J connectivity index is 1.25. The van der Waals surface area contributed by atoms with E-state index in [0.29, 0.717) is 77.8 Å². The zero-order valence-corrected chi connectivity index (χ0v) is 52.0. The van der Waals surface area contributed by atoms with E-state index in [1.54, 1.807) is 0 Å². The van der Waals surface area contributed by atoms with Gasteiger partial charge in [0.2, 0.25) is 0 Å². The first-order valence-electron chi connectivity index (χ1n) is 30.6. The lowest BCUT2D eigenvalue weighted by atomic mass is 9.89. The summed E-state index contributed by atoms with van der Waals surface area (Å²) >= 11 is 0. The Morgan fingerprint density at radius 2 is 0.345 bits per heavy atom. The molecule has 84 heavy (non-hydrogen) atoms. The predicted molar refractivity (Wildman–Crippen MR) is 342 cm³/mol. The zero-order valence-electron chi connectivity index (χ0n) is 52.0. The lowest BCUT2D eigenvalue weighted by molar-refractivity contribution is 0.311. The van der Waals surface area contributed by atoms with Crippen molar-refractivity contribution in [2.24, 2.45) is 0 Å². The van der Waals surface area contributed by atoms with Crippen LogP contribution >= 0.6 is 0 Å². The Hall–Kier alpha value is -7.84. The van der Waals surface area contributed by atoms with Crippen molar-refractivity contribution in [2.45, 2.75) is 160 Å². The fourth-order valence-corrected chi connectivity index (χ4v) is 12.8. The normalized spacial score (nSPS) is 12.7. The van der Waals surface area contributed by atoms with E-state index in [1.807, 2.05) is 0 Å². The van der Waals surface area contributed by atoms with Crippen LogP contribution in [0.5, 0.6) is 46.0 Å². The molecular formula is C76H88O8. The summed E-state index contributed by atoms with van der Waals surface area (Å²) in [4.78, 5) is 0. The summed E-state index contributed by atoms with van der Waals surface area (Å²) in [5.74, 6) is 4.06. The molecule has 0 radical (unpaired) electrons. The number of hydrogen-bond acceptors (Lipinski definition) is 8. The van der Waals surface area contributed by atoms with Crippen molar-refractivity contribution in [2.75, 3.05) is 26.4 Å². The van der Waals surface area contributed by atoms with E-state index >= 15 is 0 Å². The highest BCUT2D eigenvalue weighted by molar-refractivity contribution is 5.60. The predicted octanol–water partition coefficient (Wildman–Crippen LogP) is 17.2. The SMILES string of the molecule is CCCOc1c2cc(C)cc1Cc1cc(C)cc(c1O)Cc1cc(C)cc(c1OCCC)Cc1cc(C)cc(c1O)Cc1cc(C)cc(c1OCCC)Cc1cc(C)cc(c1O)Cc1cc(C)cc(c1OCCC)Cc1cc(C)cc(c1O)C2. The van der Waals surface area contributed by atoms with Gasteiger partial charge in [0.15, 0.2) is 0 Å². The highest BCUT2D eigenvalue weighted by atomic mass is 16.5. The molecule has 0 amide bonds. The molecule has 440 valence electrons. The third kappa shape index (κ3) is 14.0. The van der Waals surface area contributed by atoms with Gasteiger partial charge < -0.3 is 39.4 Å². The van der Waals surface area contributed by atoms with Crippen molar-refractivity contribution in [1.82, 2.24) is 0 Å². The van der Waals surface area contributed by atoms with Crippen LogP contribution in [0, 0.1) is 55.4 Å². The topological polar surface area (TPSA) is 118 Å². The Bertz CT molecular complexity index is 3040. The van der Waals surface area contributed by atoms with E-state index < -0.39 is 0 Å². The Morgan fingerprint density at radius 3 is 0.464 bits per heavy atom. The van der Waals surface area contributed by atoms with Crippen molar-refractivity contribution >= 4 is 0 Å². The second kappa shape index (κ2) is 26.8. The number of hydrogen-bond donors (Lipinski definition) is 4. The largest absolute Gasteiger partial charge is 0.507 e. The van der Waals surface area contributed by atoms with E-state index in [2.05, 4.69) is 180 Å². The third-order valence-electron chi connectivity index (χ3n) is 16.0. The van der Waals surface area contributed by atoms with Gasteiger partial charge in [-0.3, -0.25) is 0 Å². The monoisotopic (exact) mass is 1130 g/mol. The van der Waals surface area contributed by atoms with Gasteiger partial charge in [-0.15, -0.1) is 0 Å². The van der Waals surface area contributed by atoms with Crippen LogP contribution in [0.1, 0.15) is 187 Å². The van der Waals surface area contributed by atoms with Crippen LogP contribution in [-0.2, 0) is 51.4 Å². The van der Waals surface area contributed by atoms with E-state index in [-0.39, 0.29) is 23.0 Å². The van der Waals surface area contributed by atoms with Crippen molar-refractivity contribution in [3.63, 3.8) is 0 Å². The fraction of sp³-hybridized carbons (Fsp3) is 0.368. The molecule has 0 spiro atoms. The molecule has 0 saturated heterocycles. The number of fused-ring (bicyclic) bond motifs is 16. The molecule has 0 aromatic heterocycles. The van der Waals surface area contributed by atoms with Crippen LogP contribution in [0.15, 0.2) is 97.1 Å². The number of aromatic hydroxyl groups is 4. The highest BCUT2D eigenvalue weighted by Crippen LogP contribution is 2.43. The van der Waals surface area contributed by atoms with E-state index in [9.17, 15) is 20.4 Å². The maximum atomic E-state index is 12.5. The van der Waals surface area contributed by atoms with Crippen molar-refractivity contribution in [1.29, 1.82) is 0 Å². The third-order valence-corrected chi connectivity index (χ3v) is 16.0. The summed E-state index contributed by atoms with van der Waals surface area (Å²) in [5, 5.41) is 49.9. The number of aryl methyl sites for hydroxylation is 8. The van der Waals surface area contributed by atoms with Gasteiger partial charge in [0.05, 0.1) is 26.4 Å². The molecular weight excluding hydrogens is 1040 g/mol. The first-order chi connectivity index (χ1) is 40.3. The van der Waals surface area contributed by atoms with Gasteiger partial charge in [-0.2, -0.15) is 0 Å². The minimum absolute atomic E-state index is 0.241. The van der Waals surface area contributed by atoms with Crippen molar-refractivity contribution in [3.8, 4) is 46.0 Å². The molecule has 8 heteroatoms. The minimum atomic E-state index is 0.241. The average Bonchev–Trinajstić information content (AvgIpc) is 2.85. The number of ether oxygens (including phenoxy) is 4. The van der Waals surface area contributed by atoms with Crippen LogP contribution in [0.4, 0.5) is 0 Å². The smallest absolute Gasteiger partial charge is 0.126 e. The van der Waals surface area contributed by atoms with Gasteiger partial charge in [-0.05, 0) is 170 Å². The van der Waals surface area contributed by atoms with Crippen LogP contribution in [0.25, 0.3) is 0 Å². The maximum Gasteiger partial charge on any atom is 0.126 e. The molecule has 9 rings (SSSR count). The van der Waals surface area contributed by atoms with E-state index in [0.717, 1.165) is 182 Å². The molecule has 0 fully saturated rings. The van der Waals surface area contributed by atoms with Gasteiger partial charge in [0, 0.05) is 51.4 Å². The second-order valence-corrected chi connectivity index (χ2v) is 24.2. The van der Waals surface area contributed by atoms with Gasteiger partial charge >= 0.3 is 0 Å². The molecule has 0 saturated carbocycles. The fourth-order valence-electron chi connectivity index (χ4n) is 12.8. The maximum absolute atomic E-state index is 12.5. The second-order valence-electron chi connectivity index (χ2n) is 24.2.